The summed E-state index contributed by atoms with van der Waals surface area (Å²) in [6.07, 6.45) is 0. The van der Waals surface area contributed by atoms with Gasteiger partial charge in [0.15, 0.2) is 7.14 Å². The Morgan fingerprint density at radius 2 is 0.857 bits per heavy atom. The molecule has 3 aromatic heterocycles. The van der Waals surface area contributed by atoms with Gasteiger partial charge in [0.25, 0.3) is 0 Å². The van der Waals surface area contributed by atoms with Crippen LogP contribution in [0.5, 0.6) is 0 Å². The van der Waals surface area contributed by atoms with Crippen molar-refractivity contribution in [3.63, 3.8) is 0 Å². The minimum atomic E-state index is -3.43. The largest absolute Gasteiger partial charge is 0.309 e. The number of benzene rings is 8. The molecule has 3 heterocycles. The fraction of sp³-hybridized carbons (Fsp3) is 0. The van der Waals surface area contributed by atoms with Gasteiger partial charge in [-0.2, -0.15) is 0 Å². The highest BCUT2D eigenvalue weighted by atomic mass is 31.2. The summed E-state index contributed by atoms with van der Waals surface area (Å²) in [5.41, 5.74) is 9.90. The number of hydrogen-bond donors (Lipinski definition) is 0. The molecule has 0 radical (unpaired) electrons. The van der Waals surface area contributed by atoms with E-state index in [-0.39, 0.29) is 0 Å². The van der Waals surface area contributed by atoms with Crippen molar-refractivity contribution in [1.29, 1.82) is 0 Å². The van der Waals surface area contributed by atoms with Crippen molar-refractivity contribution < 1.29 is 4.57 Å². The first-order valence-electron chi connectivity index (χ1n) is 18.8. The van der Waals surface area contributed by atoms with Crippen LogP contribution < -0.4 is 15.9 Å². The van der Waals surface area contributed by atoms with Crippen LogP contribution in [-0.2, 0) is 4.57 Å². The average Bonchev–Trinajstić information content (AvgIpc) is 3.83. The van der Waals surface area contributed by atoms with Crippen molar-refractivity contribution in [2.45, 2.75) is 0 Å². The SMILES string of the molecule is O=P(c1ccc(-c2ccccc2)cc1)(c1ccc(-c2ccccc2)cc1)c1ccc2c3ccccc3n(-c3nc4ccccc4c4nc5ccccc5n34)c2c1. The third-order valence-corrected chi connectivity index (χ3v) is 14.1. The highest BCUT2D eigenvalue weighted by molar-refractivity contribution is 7.85. The van der Waals surface area contributed by atoms with Crippen molar-refractivity contribution in [3.05, 3.63) is 200 Å². The lowest BCUT2D eigenvalue weighted by molar-refractivity contribution is 0.592. The lowest BCUT2D eigenvalue weighted by atomic mass is 10.1. The second kappa shape index (κ2) is 12.8. The number of para-hydroxylation sites is 4. The number of hydrogen-bond acceptors (Lipinski definition) is 3. The van der Waals surface area contributed by atoms with Crippen molar-refractivity contribution >= 4 is 72.4 Å². The molecule has 0 aliphatic carbocycles. The summed E-state index contributed by atoms with van der Waals surface area (Å²) < 4.78 is 20.7. The number of nitrogens with zero attached hydrogens (tertiary/aromatic N) is 4. The average molecular weight is 737 g/mol. The van der Waals surface area contributed by atoms with Crippen LogP contribution >= 0.6 is 7.14 Å². The van der Waals surface area contributed by atoms with E-state index in [9.17, 15) is 0 Å². The molecule has 0 saturated heterocycles. The van der Waals surface area contributed by atoms with Crippen LogP contribution in [-0.4, -0.2) is 18.9 Å². The minimum Gasteiger partial charge on any atom is -0.309 e. The van der Waals surface area contributed by atoms with Gasteiger partial charge < -0.3 is 4.57 Å². The molecule has 0 aliphatic heterocycles. The first-order chi connectivity index (χ1) is 27.6. The Kier molecular flexibility index (Phi) is 7.38. The standard InChI is InChI=1S/C50H33N4OP/c55-56(38-27-23-36(24-28-38)34-13-3-1-4-14-34,39-29-25-37(26-30-39)35-15-5-2-6-16-35)40-31-32-42-41-17-8-11-21-46(41)53(48(42)33-40)50-52-44-19-9-7-18-43(44)49-51-45-20-10-12-22-47(45)54(49)50/h1-33H. The molecule has 0 atom stereocenters. The van der Waals surface area contributed by atoms with Crippen LogP contribution in [0.15, 0.2) is 200 Å². The van der Waals surface area contributed by atoms with Crippen molar-refractivity contribution in [1.82, 2.24) is 18.9 Å². The molecule has 5 nitrogen and oxygen atoms in total. The van der Waals surface area contributed by atoms with Crippen molar-refractivity contribution in [2.75, 3.05) is 0 Å². The summed E-state index contributed by atoms with van der Waals surface area (Å²) in [5.74, 6) is 0.727. The van der Waals surface area contributed by atoms with Gasteiger partial charge in [0.05, 0.1) is 27.6 Å². The molecule has 56 heavy (non-hydrogen) atoms. The first-order valence-corrected chi connectivity index (χ1v) is 20.5. The maximum atomic E-state index is 16.3. The van der Waals surface area contributed by atoms with E-state index in [2.05, 4.69) is 112 Å². The summed E-state index contributed by atoms with van der Waals surface area (Å²) >= 11 is 0. The minimum absolute atomic E-state index is 0.727. The smallest absolute Gasteiger partial charge is 0.221 e. The van der Waals surface area contributed by atoms with E-state index >= 15 is 4.57 Å². The molecule has 0 spiro atoms. The Labute approximate surface area is 323 Å². The summed E-state index contributed by atoms with van der Waals surface area (Å²) in [4.78, 5) is 10.5. The Morgan fingerprint density at radius 1 is 0.375 bits per heavy atom. The van der Waals surface area contributed by atoms with E-state index in [1.165, 1.54) is 0 Å². The summed E-state index contributed by atoms with van der Waals surface area (Å²) in [7, 11) is -3.43. The molecule has 0 aliphatic rings. The van der Waals surface area contributed by atoms with Crippen LogP contribution in [0.2, 0.25) is 0 Å². The molecule has 0 N–H and O–H groups in total. The number of fused-ring (bicyclic) bond motifs is 8. The highest BCUT2D eigenvalue weighted by Gasteiger charge is 2.31. The maximum absolute atomic E-state index is 16.3. The van der Waals surface area contributed by atoms with Gasteiger partial charge in [-0.25, -0.2) is 9.97 Å². The third kappa shape index (κ3) is 4.98. The van der Waals surface area contributed by atoms with Gasteiger partial charge in [-0.05, 0) is 58.7 Å². The third-order valence-electron chi connectivity index (χ3n) is 11.0. The van der Waals surface area contributed by atoms with E-state index in [0.717, 1.165) is 93.5 Å². The fourth-order valence-electron chi connectivity index (χ4n) is 8.28. The monoisotopic (exact) mass is 736 g/mol. The number of imidazole rings is 1. The molecule has 0 unspecified atom stereocenters. The van der Waals surface area contributed by atoms with Gasteiger partial charge in [-0.3, -0.25) is 8.97 Å². The van der Waals surface area contributed by atoms with E-state index in [1.807, 2.05) is 97.1 Å². The zero-order valence-corrected chi connectivity index (χ0v) is 31.1. The molecule has 0 saturated carbocycles. The Morgan fingerprint density at radius 3 is 1.50 bits per heavy atom. The zero-order chi connectivity index (χ0) is 37.2. The van der Waals surface area contributed by atoms with E-state index in [4.69, 9.17) is 9.97 Å². The number of aromatic nitrogens is 4. The Balaban J connectivity index is 1.18. The van der Waals surface area contributed by atoms with Gasteiger partial charge in [-0.15, -0.1) is 0 Å². The molecular weight excluding hydrogens is 704 g/mol. The normalized spacial score (nSPS) is 12.0. The molecule has 0 amide bonds. The van der Waals surface area contributed by atoms with Crippen molar-refractivity contribution in [2.24, 2.45) is 0 Å². The van der Waals surface area contributed by atoms with E-state index in [0.29, 0.717) is 0 Å². The molecule has 0 fully saturated rings. The van der Waals surface area contributed by atoms with Gasteiger partial charge in [-0.1, -0.05) is 164 Å². The Bertz CT molecular complexity index is 3230. The molecule has 0 bridgehead atoms. The number of rotatable bonds is 6. The molecular formula is C50H33N4OP. The second-order valence-electron chi connectivity index (χ2n) is 14.2. The maximum Gasteiger partial charge on any atom is 0.221 e. The highest BCUT2D eigenvalue weighted by Crippen LogP contribution is 2.45. The van der Waals surface area contributed by atoms with Crippen LogP contribution in [0.1, 0.15) is 0 Å². The van der Waals surface area contributed by atoms with Crippen LogP contribution in [0, 0.1) is 0 Å². The van der Waals surface area contributed by atoms with Crippen LogP contribution in [0.4, 0.5) is 0 Å². The van der Waals surface area contributed by atoms with Crippen LogP contribution in [0.25, 0.3) is 77.6 Å². The van der Waals surface area contributed by atoms with E-state index in [1.54, 1.807) is 0 Å². The summed E-state index contributed by atoms with van der Waals surface area (Å²) in [5, 5.41) is 5.44. The quantitative estimate of drug-likeness (QED) is 0.160. The Hall–Kier alpha value is -7.07. The van der Waals surface area contributed by atoms with E-state index < -0.39 is 7.14 Å². The summed E-state index contributed by atoms with van der Waals surface area (Å²) in [6.45, 7) is 0. The first kappa shape index (κ1) is 32.4. The lowest BCUT2D eigenvalue weighted by Crippen LogP contribution is -2.25. The van der Waals surface area contributed by atoms with Gasteiger partial charge in [0.1, 0.15) is 5.65 Å². The molecule has 264 valence electrons. The van der Waals surface area contributed by atoms with Gasteiger partial charge >= 0.3 is 0 Å². The molecule has 8 aromatic carbocycles. The molecule has 6 heteroatoms. The predicted molar refractivity (Wildman–Crippen MR) is 233 cm³/mol. The van der Waals surface area contributed by atoms with Crippen molar-refractivity contribution in [3.8, 4) is 28.2 Å². The molecule has 11 aromatic rings. The topological polar surface area (TPSA) is 52.2 Å². The lowest BCUT2D eigenvalue weighted by Gasteiger charge is -2.21. The van der Waals surface area contributed by atoms with Gasteiger partial charge in [0, 0.05) is 32.1 Å². The predicted octanol–water partition coefficient (Wildman–Crippen LogP) is 11.1. The molecule has 11 rings (SSSR count). The second-order valence-corrected chi connectivity index (χ2v) is 16.9. The zero-order valence-electron chi connectivity index (χ0n) is 30.2. The summed E-state index contributed by atoms with van der Waals surface area (Å²) in [6, 6.07) is 68.3. The van der Waals surface area contributed by atoms with Gasteiger partial charge in [0.2, 0.25) is 5.95 Å². The van der Waals surface area contributed by atoms with Crippen LogP contribution in [0.3, 0.4) is 0 Å². The fourth-order valence-corrected chi connectivity index (χ4v) is 10.9.